The van der Waals surface area contributed by atoms with E-state index in [0.29, 0.717) is 32.9 Å². The summed E-state index contributed by atoms with van der Waals surface area (Å²) in [4.78, 5) is 15.9. The van der Waals surface area contributed by atoms with Gasteiger partial charge >= 0.3 is 0 Å². The number of fused-ring (bicyclic) bond motifs is 1. The maximum absolute atomic E-state index is 12.7. The van der Waals surface area contributed by atoms with Crippen LogP contribution >= 0.6 is 23.2 Å². The van der Waals surface area contributed by atoms with Gasteiger partial charge in [-0.15, -0.1) is 0 Å². The molecule has 130 valence electrons. The van der Waals surface area contributed by atoms with Crippen molar-refractivity contribution in [3.8, 4) is 11.5 Å². The van der Waals surface area contributed by atoms with Crippen LogP contribution in [0.25, 0.3) is 10.9 Å². The molecule has 0 aliphatic rings. The fraction of sp³-hybridized carbons (Fsp3) is 0.167. The third-order valence-electron chi connectivity index (χ3n) is 3.97. The van der Waals surface area contributed by atoms with Gasteiger partial charge in [0.2, 0.25) is 0 Å². The normalized spacial score (nSPS) is 10.8. The Balaban J connectivity index is 1.99. The Morgan fingerprint density at radius 2 is 1.80 bits per heavy atom. The molecule has 5 nitrogen and oxygen atoms in total. The van der Waals surface area contributed by atoms with E-state index in [0.717, 1.165) is 16.5 Å². The van der Waals surface area contributed by atoms with E-state index < -0.39 is 0 Å². The van der Waals surface area contributed by atoms with Crippen molar-refractivity contribution in [2.75, 3.05) is 19.5 Å². The zero-order chi connectivity index (χ0) is 18.1. The highest BCUT2D eigenvalue weighted by Crippen LogP contribution is 2.36. The molecule has 1 heterocycles. The van der Waals surface area contributed by atoms with E-state index in [-0.39, 0.29) is 5.91 Å². The first-order valence-corrected chi connectivity index (χ1v) is 8.21. The number of hydrogen-bond donors (Lipinski definition) is 2. The Labute approximate surface area is 154 Å². The minimum absolute atomic E-state index is 0.299. The number of carbonyl (C=O) groups is 1. The number of aryl methyl sites for hydroxylation is 1. The molecule has 2 aromatic carbocycles. The Morgan fingerprint density at radius 1 is 1.08 bits per heavy atom. The van der Waals surface area contributed by atoms with Gasteiger partial charge in [-0.25, -0.2) is 0 Å². The average molecular weight is 379 g/mol. The van der Waals surface area contributed by atoms with Crippen molar-refractivity contribution in [2.24, 2.45) is 0 Å². The fourth-order valence-electron chi connectivity index (χ4n) is 2.67. The predicted octanol–water partition coefficient (Wildman–Crippen LogP) is 5.05. The van der Waals surface area contributed by atoms with Crippen LogP contribution in [0.4, 0.5) is 5.69 Å². The number of rotatable bonds is 4. The van der Waals surface area contributed by atoms with Crippen molar-refractivity contribution in [2.45, 2.75) is 6.92 Å². The second-order valence-electron chi connectivity index (χ2n) is 5.46. The Bertz CT molecular complexity index is 967. The topological polar surface area (TPSA) is 63.3 Å². The van der Waals surface area contributed by atoms with Gasteiger partial charge in [0.25, 0.3) is 5.91 Å². The van der Waals surface area contributed by atoms with Crippen LogP contribution in [-0.4, -0.2) is 25.1 Å². The average Bonchev–Trinajstić information content (AvgIpc) is 2.92. The lowest BCUT2D eigenvalue weighted by Gasteiger charge is -2.13. The van der Waals surface area contributed by atoms with Gasteiger partial charge in [0.05, 0.1) is 24.9 Å². The molecule has 0 saturated heterocycles. The van der Waals surface area contributed by atoms with E-state index in [4.69, 9.17) is 32.7 Å². The summed E-state index contributed by atoms with van der Waals surface area (Å²) >= 11 is 12.1. The van der Waals surface area contributed by atoms with E-state index in [2.05, 4.69) is 10.3 Å². The molecule has 25 heavy (non-hydrogen) atoms. The lowest BCUT2D eigenvalue weighted by Crippen LogP contribution is -2.14. The molecule has 0 atom stereocenters. The first-order chi connectivity index (χ1) is 11.9. The second kappa shape index (κ2) is 6.86. The number of hydrogen-bond acceptors (Lipinski definition) is 3. The molecule has 1 aromatic heterocycles. The number of ether oxygens (including phenoxy) is 2. The first-order valence-electron chi connectivity index (χ1n) is 7.45. The fourth-order valence-corrected chi connectivity index (χ4v) is 3.07. The number of carbonyl (C=O) groups excluding carboxylic acids is 1. The molecule has 0 saturated carbocycles. The van der Waals surface area contributed by atoms with E-state index in [1.807, 2.05) is 19.1 Å². The van der Waals surface area contributed by atoms with Crippen LogP contribution in [0.2, 0.25) is 10.0 Å². The highest BCUT2D eigenvalue weighted by molar-refractivity contribution is 6.32. The minimum Gasteiger partial charge on any atom is -0.495 e. The smallest absolute Gasteiger partial charge is 0.272 e. The molecular formula is C18H16Cl2N2O3. The number of aromatic amines is 1. The number of halogens is 2. The lowest BCUT2D eigenvalue weighted by atomic mass is 10.1. The number of methoxy groups -OCH3 is 2. The Hall–Kier alpha value is -2.37. The van der Waals surface area contributed by atoms with Crippen LogP contribution in [0.5, 0.6) is 11.5 Å². The summed E-state index contributed by atoms with van der Waals surface area (Å²) < 4.78 is 10.5. The minimum atomic E-state index is -0.299. The molecule has 0 radical (unpaired) electrons. The van der Waals surface area contributed by atoms with Crippen molar-refractivity contribution in [1.29, 1.82) is 0 Å². The lowest BCUT2D eigenvalue weighted by molar-refractivity contribution is 0.102. The zero-order valence-electron chi connectivity index (χ0n) is 13.9. The van der Waals surface area contributed by atoms with E-state index in [1.54, 1.807) is 18.2 Å². The van der Waals surface area contributed by atoms with E-state index >= 15 is 0 Å². The molecule has 2 N–H and O–H groups in total. The second-order valence-corrected chi connectivity index (χ2v) is 6.30. The van der Waals surface area contributed by atoms with Gasteiger partial charge in [0.1, 0.15) is 17.2 Å². The van der Waals surface area contributed by atoms with Gasteiger partial charge in [-0.2, -0.15) is 0 Å². The summed E-state index contributed by atoms with van der Waals surface area (Å²) in [7, 11) is 3.01. The van der Waals surface area contributed by atoms with Crippen LogP contribution in [0.3, 0.4) is 0 Å². The molecule has 0 bridgehead atoms. The number of anilines is 1. The third kappa shape index (κ3) is 3.25. The summed E-state index contributed by atoms with van der Waals surface area (Å²) in [6.45, 7) is 1.86. The monoisotopic (exact) mass is 378 g/mol. The Morgan fingerprint density at radius 3 is 2.48 bits per heavy atom. The molecule has 0 unspecified atom stereocenters. The maximum atomic E-state index is 12.7. The van der Waals surface area contributed by atoms with E-state index in [9.17, 15) is 4.79 Å². The number of amides is 1. The van der Waals surface area contributed by atoms with Gasteiger partial charge in [0.15, 0.2) is 0 Å². The van der Waals surface area contributed by atoms with E-state index in [1.165, 1.54) is 14.2 Å². The van der Waals surface area contributed by atoms with Gasteiger partial charge in [-0.05, 0) is 30.7 Å². The van der Waals surface area contributed by atoms with Crippen molar-refractivity contribution in [3.05, 3.63) is 51.6 Å². The van der Waals surface area contributed by atoms with Crippen molar-refractivity contribution in [1.82, 2.24) is 4.98 Å². The molecule has 0 aliphatic heterocycles. The van der Waals surface area contributed by atoms with Gasteiger partial charge in [0, 0.05) is 28.1 Å². The predicted molar refractivity (Wildman–Crippen MR) is 101 cm³/mol. The number of benzene rings is 2. The van der Waals surface area contributed by atoms with Crippen LogP contribution in [0.1, 0.15) is 16.1 Å². The van der Waals surface area contributed by atoms with Gasteiger partial charge < -0.3 is 19.8 Å². The maximum Gasteiger partial charge on any atom is 0.272 e. The number of aromatic nitrogens is 1. The quantitative estimate of drug-likeness (QED) is 0.667. The highest BCUT2D eigenvalue weighted by Gasteiger charge is 2.18. The summed E-state index contributed by atoms with van der Waals surface area (Å²) in [6, 6.07) is 8.65. The van der Waals surface area contributed by atoms with Crippen molar-refractivity contribution in [3.63, 3.8) is 0 Å². The van der Waals surface area contributed by atoms with Crippen LogP contribution in [0.15, 0.2) is 30.3 Å². The van der Waals surface area contributed by atoms with Crippen molar-refractivity contribution < 1.29 is 14.3 Å². The van der Waals surface area contributed by atoms with Crippen molar-refractivity contribution >= 4 is 45.7 Å². The van der Waals surface area contributed by atoms with Gasteiger partial charge in [-0.1, -0.05) is 23.2 Å². The first kappa shape index (κ1) is 17.5. The summed E-state index contributed by atoms with van der Waals surface area (Å²) in [5, 5.41) is 4.74. The Kier molecular flexibility index (Phi) is 4.79. The van der Waals surface area contributed by atoms with Crippen LogP contribution < -0.4 is 14.8 Å². The summed E-state index contributed by atoms with van der Waals surface area (Å²) in [5.74, 6) is 0.585. The third-order valence-corrected chi connectivity index (χ3v) is 4.50. The molecule has 3 aromatic rings. The standard InChI is InChI=1S/C18H16Cl2N2O3/c1-9-11-6-10(19)4-5-13(11)21-17(9)18(23)22-14-8-15(24-2)12(20)7-16(14)25-3/h4-8,21H,1-3H3,(H,22,23). The number of H-pyrrole nitrogens is 1. The number of nitrogens with one attached hydrogen (secondary N) is 2. The van der Waals surface area contributed by atoms with Crippen LogP contribution in [-0.2, 0) is 0 Å². The largest absolute Gasteiger partial charge is 0.495 e. The molecular weight excluding hydrogens is 363 g/mol. The SMILES string of the molecule is COc1cc(NC(=O)c2[nH]c3ccc(Cl)cc3c2C)c(OC)cc1Cl. The zero-order valence-corrected chi connectivity index (χ0v) is 15.4. The molecule has 7 heteroatoms. The summed E-state index contributed by atoms with van der Waals surface area (Å²) in [6.07, 6.45) is 0. The molecule has 1 amide bonds. The van der Waals surface area contributed by atoms with Gasteiger partial charge in [-0.3, -0.25) is 4.79 Å². The molecule has 0 aliphatic carbocycles. The highest BCUT2D eigenvalue weighted by atomic mass is 35.5. The summed E-state index contributed by atoms with van der Waals surface area (Å²) in [5.41, 5.74) is 2.57. The molecule has 0 fully saturated rings. The molecule has 3 rings (SSSR count). The molecule has 0 spiro atoms. The van der Waals surface area contributed by atoms with Crippen LogP contribution in [0, 0.1) is 6.92 Å².